The van der Waals surface area contributed by atoms with Gasteiger partial charge in [-0.2, -0.15) is 13.2 Å². The summed E-state index contributed by atoms with van der Waals surface area (Å²) in [7, 11) is 1.58. The van der Waals surface area contributed by atoms with Gasteiger partial charge in [0, 0.05) is 24.1 Å². The van der Waals surface area contributed by atoms with Crippen LogP contribution in [-0.2, 0) is 22.3 Å². The lowest BCUT2D eigenvalue weighted by molar-refractivity contribution is -0.185. The minimum atomic E-state index is -4.56. The molecule has 2 amide bonds. The van der Waals surface area contributed by atoms with Crippen molar-refractivity contribution in [3.8, 4) is 5.75 Å². The van der Waals surface area contributed by atoms with Crippen LogP contribution in [0.1, 0.15) is 57.1 Å². The quantitative estimate of drug-likeness (QED) is 0.321. The Morgan fingerprint density at radius 2 is 1.79 bits per heavy atom. The summed E-state index contributed by atoms with van der Waals surface area (Å²) in [6.07, 6.45) is -4.91. The number of carbonyl (C=O) groups excluding carboxylic acids is 2. The van der Waals surface area contributed by atoms with Crippen molar-refractivity contribution in [1.29, 1.82) is 0 Å². The molecule has 2 aromatic carbocycles. The second-order valence-electron chi connectivity index (χ2n) is 11.9. The predicted molar refractivity (Wildman–Crippen MR) is 150 cm³/mol. The summed E-state index contributed by atoms with van der Waals surface area (Å²) >= 11 is 0. The molecule has 0 bridgehead atoms. The van der Waals surface area contributed by atoms with Gasteiger partial charge in [0.2, 0.25) is 5.91 Å². The van der Waals surface area contributed by atoms with Gasteiger partial charge in [-0.25, -0.2) is 4.79 Å². The van der Waals surface area contributed by atoms with Gasteiger partial charge in [-0.3, -0.25) is 10.1 Å². The van der Waals surface area contributed by atoms with Crippen LogP contribution in [-0.4, -0.2) is 48.1 Å². The number of rotatable bonds is 8. The van der Waals surface area contributed by atoms with Gasteiger partial charge in [-0.1, -0.05) is 32.0 Å². The van der Waals surface area contributed by atoms with Crippen LogP contribution in [0.25, 0.3) is 0 Å². The van der Waals surface area contributed by atoms with Crippen molar-refractivity contribution >= 4 is 17.7 Å². The number of hydrogen-bond acceptors (Lipinski definition) is 6. The smallest absolute Gasteiger partial charge is 0.416 e. The molecule has 0 unspecified atom stereocenters. The highest BCUT2D eigenvalue weighted by atomic mass is 19.4. The van der Waals surface area contributed by atoms with Gasteiger partial charge in [0.15, 0.2) is 0 Å². The summed E-state index contributed by atoms with van der Waals surface area (Å²) in [6, 6.07) is 11.6. The van der Waals surface area contributed by atoms with Crippen molar-refractivity contribution in [3.63, 3.8) is 0 Å². The molecule has 6 atom stereocenters. The average molecular weight is 593 g/mol. The number of ether oxygens (including phenoxy) is 2. The van der Waals surface area contributed by atoms with Crippen LogP contribution in [0.2, 0.25) is 0 Å². The fourth-order valence-corrected chi connectivity index (χ4v) is 7.05. The molecular formula is C31H39F3N2O6. The van der Waals surface area contributed by atoms with E-state index in [1.54, 1.807) is 7.11 Å². The van der Waals surface area contributed by atoms with Crippen molar-refractivity contribution < 1.29 is 42.4 Å². The van der Waals surface area contributed by atoms with Crippen LogP contribution in [0.15, 0.2) is 48.5 Å². The number of nitrogens with one attached hydrogen (secondary N) is 2. The lowest BCUT2D eigenvalue weighted by atomic mass is 9.46. The average Bonchev–Trinajstić information content (AvgIpc) is 2.95. The SMILES string of the molecule is COc1ccc(CNC(=O)C[C@@H]2[C@H](O)CC[C@@H]3[C@](C)(CO)[C@H](OC(=O)Nc4cccc(C(F)(F)F)c4)CC[C@]32C)cc1. The Kier molecular flexibility index (Phi) is 9.42. The molecule has 0 radical (unpaired) electrons. The van der Waals surface area contributed by atoms with Crippen molar-refractivity contribution in [1.82, 2.24) is 5.32 Å². The number of hydrogen-bond donors (Lipinski definition) is 4. The molecule has 230 valence electrons. The first-order chi connectivity index (χ1) is 19.8. The van der Waals surface area contributed by atoms with Gasteiger partial charge < -0.3 is 25.0 Å². The van der Waals surface area contributed by atoms with Gasteiger partial charge in [0.1, 0.15) is 11.9 Å². The number of methoxy groups -OCH3 is 1. The minimum Gasteiger partial charge on any atom is -0.497 e. The van der Waals surface area contributed by atoms with Crippen LogP contribution in [0.3, 0.4) is 0 Å². The standard InChI is InChI=1S/C31H39F3N2O6/c1-29-14-13-26(42-28(40)36-21-6-4-5-20(15-21)31(32,33)34)30(2,18-37)25(29)12-11-24(38)23(29)16-27(39)35-17-19-7-9-22(41-3)10-8-19/h4-10,15,23-26,37-38H,11-14,16-18H2,1-3H3,(H,35,39)(H,36,40)/t23-,24-,25+,26-,29+,30+/m1/s1. The van der Waals surface area contributed by atoms with E-state index in [2.05, 4.69) is 10.6 Å². The first-order valence-electron chi connectivity index (χ1n) is 14.1. The van der Waals surface area contributed by atoms with Crippen molar-refractivity contribution in [2.24, 2.45) is 22.7 Å². The zero-order valence-electron chi connectivity index (χ0n) is 24.0. The molecule has 4 rings (SSSR count). The van der Waals surface area contributed by atoms with Crippen molar-refractivity contribution in [3.05, 3.63) is 59.7 Å². The van der Waals surface area contributed by atoms with E-state index in [0.717, 1.165) is 17.7 Å². The fraction of sp³-hybridized carbons (Fsp3) is 0.548. The zero-order chi connectivity index (χ0) is 30.7. The van der Waals surface area contributed by atoms with E-state index in [-0.39, 0.29) is 36.5 Å². The van der Waals surface area contributed by atoms with E-state index in [1.165, 1.54) is 12.1 Å². The molecule has 2 saturated carbocycles. The number of amides is 2. The third-order valence-corrected chi connectivity index (χ3v) is 9.42. The maximum atomic E-state index is 13.1. The topological polar surface area (TPSA) is 117 Å². The number of halogens is 3. The van der Waals surface area contributed by atoms with E-state index in [9.17, 15) is 33.0 Å². The number of alkyl halides is 3. The maximum Gasteiger partial charge on any atom is 0.416 e. The molecule has 2 aliphatic rings. The summed E-state index contributed by atoms with van der Waals surface area (Å²) < 4.78 is 50.1. The molecular weight excluding hydrogens is 553 g/mol. The van der Waals surface area contributed by atoms with E-state index in [0.29, 0.717) is 38.0 Å². The second kappa shape index (κ2) is 12.5. The van der Waals surface area contributed by atoms with Gasteiger partial charge >= 0.3 is 12.3 Å². The summed E-state index contributed by atoms with van der Waals surface area (Å²) in [5.74, 6) is -0.0360. The van der Waals surface area contributed by atoms with Crippen LogP contribution in [0.4, 0.5) is 23.7 Å². The highest BCUT2D eigenvalue weighted by Crippen LogP contribution is 2.61. The Morgan fingerprint density at radius 3 is 2.43 bits per heavy atom. The van der Waals surface area contributed by atoms with Gasteiger partial charge in [0.05, 0.1) is 25.4 Å². The summed E-state index contributed by atoms with van der Waals surface area (Å²) in [5, 5.41) is 26.9. The highest BCUT2D eigenvalue weighted by molar-refractivity contribution is 5.84. The third kappa shape index (κ3) is 6.67. The first kappa shape index (κ1) is 31.6. The van der Waals surface area contributed by atoms with E-state index in [4.69, 9.17) is 9.47 Å². The van der Waals surface area contributed by atoms with Crippen molar-refractivity contribution in [2.45, 2.75) is 70.9 Å². The number of anilines is 1. The van der Waals surface area contributed by atoms with Crippen LogP contribution in [0.5, 0.6) is 5.75 Å². The number of aliphatic hydroxyl groups excluding tert-OH is 2. The lowest BCUT2D eigenvalue weighted by Crippen LogP contribution is -2.61. The zero-order valence-corrected chi connectivity index (χ0v) is 24.0. The van der Waals surface area contributed by atoms with E-state index >= 15 is 0 Å². The Morgan fingerprint density at radius 1 is 1.07 bits per heavy atom. The molecule has 8 nitrogen and oxygen atoms in total. The molecule has 42 heavy (non-hydrogen) atoms. The third-order valence-electron chi connectivity index (χ3n) is 9.42. The number of aliphatic hydroxyl groups is 2. The molecule has 11 heteroatoms. The Bertz CT molecular complexity index is 1260. The summed E-state index contributed by atoms with van der Waals surface area (Å²) in [4.78, 5) is 25.8. The molecule has 0 heterocycles. The molecule has 0 aromatic heterocycles. The van der Waals surface area contributed by atoms with Crippen molar-refractivity contribution in [2.75, 3.05) is 19.0 Å². The number of carbonyl (C=O) groups is 2. The van der Waals surface area contributed by atoms with E-state index < -0.39 is 40.9 Å². The van der Waals surface area contributed by atoms with Crippen LogP contribution < -0.4 is 15.4 Å². The lowest BCUT2D eigenvalue weighted by Gasteiger charge is -2.60. The molecule has 2 fully saturated rings. The Labute approximate surface area is 243 Å². The largest absolute Gasteiger partial charge is 0.497 e. The minimum absolute atomic E-state index is 0.0531. The van der Waals surface area contributed by atoms with Crippen LogP contribution in [0, 0.1) is 22.7 Å². The first-order valence-corrected chi connectivity index (χ1v) is 14.1. The Hall–Kier alpha value is -3.31. The van der Waals surface area contributed by atoms with Crippen LogP contribution >= 0.6 is 0 Å². The number of benzene rings is 2. The van der Waals surface area contributed by atoms with Gasteiger partial charge in [-0.15, -0.1) is 0 Å². The molecule has 2 aliphatic carbocycles. The molecule has 0 spiro atoms. The van der Waals surface area contributed by atoms with Gasteiger partial charge in [0.25, 0.3) is 0 Å². The molecule has 4 N–H and O–H groups in total. The highest BCUT2D eigenvalue weighted by Gasteiger charge is 2.60. The summed E-state index contributed by atoms with van der Waals surface area (Å²) in [6.45, 7) is 3.88. The maximum absolute atomic E-state index is 13.1. The fourth-order valence-electron chi connectivity index (χ4n) is 7.05. The molecule has 2 aromatic rings. The predicted octanol–water partition coefficient (Wildman–Crippen LogP) is 5.52. The monoisotopic (exact) mass is 592 g/mol. The molecule has 0 aliphatic heterocycles. The Balaban J connectivity index is 1.43. The van der Waals surface area contributed by atoms with E-state index in [1.807, 2.05) is 38.1 Å². The van der Waals surface area contributed by atoms with Gasteiger partial charge in [-0.05, 0) is 78.8 Å². The summed E-state index contributed by atoms with van der Waals surface area (Å²) in [5.41, 5.74) is -1.46. The molecule has 0 saturated heterocycles. The second-order valence-corrected chi connectivity index (χ2v) is 11.9. The normalized spacial score (nSPS) is 29.2. The number of fused-ring (bicyclic) bond motifs is 1.